The third-order valence-corrected chi connectivity index (χ3v) is 6.37. The Kier molecular flexibility index (Phi) is 17.1. The van der Waals surface area contributed by atoms with Gasteiger partial charge in [-0.3, -0.25) is 9.59 Å². The van der Waals surface area contributed by atoms with Gasteiger partial charge in [0.25, 0.3) is 0 Å². The van der Waals surface area contributed by atoms with Gasteiger partial charge >= 0.3 is 24.2 Å². The van der Waals surface area contributed by atoms with Gasteiger partial charge in [-0.2, -0.15) is 0 Å². The van der Waals surface area contributed by atoms with Gasteiger partial charge in [-0.25, -0.2) is 9.59 Å². The molecule has 0 radical (unpaired) electrons. The maximum atomic E-state index is 12.7. The highest BCUT2D eigenvalue weighted by Gasteiger charge is 2.26. The van der Waals surface area contributed by atoms with Gasteiger partial charge in [0.15, 0.2) is 11.5 Å². The van der Waals surface area contributed by atoms with Crippen LogP contribution < -0.4 is 15.2 Å². The van der Waals surface area contributed by atoms with Crippen molar-refractivity contribution in [1.29, 1.82) is 0 Å². The molecule has 0 saturated carbocycles. The van der Waals surface area contributed by atoms with Crippen molar-refractivity contribution in [2.45, 2.75) is 111 Å². The van der Waals surface area contributed by atoms with Crippen LogP contribution in [0.1, 0.15) is 92.1 Å². The van der Waals surface area contributed by atoms with Crippen molar-refractivity contribution in [2.75, 3.05) is 13.2 Å². The molecule has 1 rings (SSSR count). The number of unbranched alkanes of at least 4 members (excludes halogenated alkanes) is 4. The minimum absolute atomic E-state index is 0.0241. The van der Waals surface area contributed by atoms with E-state index in [1.807, 2.05) is 20.8 Å². The SMILES string of the molecule is CCCCCOC(=O)Oc1ccc(C[C@H](N)C(=O)O[C@@H](C)C(C)OC(=O)C(C)CC)cc1OC(=O)OCCCCC. The third kappa shape index (κ3) is 14.2. The molecule has 0 aromatic heterocycles. The molecule has 4 atom stereocenters. The summed E-state index contributed by atoms with van der Waals surface area (Å²) in [4.78, 5) is 49.1. The van der Waals surface area contributed by atoms with Crippen molar-refractivity contribution in [3.05, 3.63) is 23.8 Å². The molecular formula is C30H47NO10. The highest BCUT2D eigenvalue weighted by Crippen LogP contribution is 2.30. The molecule has 1 aromatic carbocycles. The average Bonchev–Trinajstić information content (AvgIpc) is 2.94. The fourth-order valence-corrected chi connectivity index (χ4v) is 3.36. The van der Waals surface area contributed by atoms with E-state index in [1.165, 1.54) is 12.1 Å². The summed E-state index contributed by atoms with van der Waals surface area (Å²) in [5, 5.41) is 0. The lowest BCUT2D eigenvalue weighted by molar-refractivity contribution is -0.168. The van der Waals surface area contributed by atoms with E-state index < -0.39 is 36.5 Å². The number of nitrogens with two attached hydrogens (primary N) is 1. The molecule has 41 heavy (non-hydrogen) atoms. The molecule has 1 aromatic rings. The van der Waals surface area contributed by atoms with Crippen LogP contribution in [0.25, 0.3) is 0 Å². The van der Waals surface area contributed by atoms with E-state index in [9.17, 15) is 19.2 Å². The quantitative estimate of drug-likeness (QED) is 0.0958. The standard InChI is InChI=1S/C30H47NO10/c1-7-10-12-16-36-29(34)40-25-15-14-23(19-26(25)41-30(35)37-17-13-11-8-2)18-24(31)28(33)39-22(6)21(5)38-27(32)20(4)9-3/h14-15,19-22,24H,7-13,16-18,31H2,1-6H3/t20?,21?,22-,24-/m0/s1. The lowest BCUT2D eigenvalue weighted by atomic mass is 10.1. The summed E-state index contributed by atoms with van der Waals surface area (Å²) in [6, 6.07) is 3.35. The molecule has 232 valence electrons. The summed E-state index contributed by atoms with van der Waals surface area (Å²) in [7, 11) is 0. The molecule has 0 bridgehead atoms. The summed E-state index contributed by atoms with van der Waals surface area (Å²) in [5.74, 6) is -1.47. The van der Waals surface area contributed by atoms with Gasteiger partial charge in [-0.05, 0) is 57.2 Å². The van der Waals surface area contributed by atoms with Gasteiger partial charge in [-0.1, -0.05) is 59.4 Å². The molecule has 11 nitrogen and oxygen atoms in total. The summed E-state index contributed by atoms with van der Waals surface area (Å²) >= 11 is 0. The second-order valence-electron chi connectivity index (χ2n) is 10.0. The van der Waals surface area contributed by atoms with E-state index >= 15 is 0 Å². The number of hydrogen-bond donors (Lipinski definition) is 1. The largest absolute Gasteiger partial charge is 0.513 e. The van der Waals surface area contributed by atoms with Crippen molar-refractivity contribution in [1.82, 2.24) is 0 Å². The molecule has 11 heteroatoms. The van der Waals surface area contributed by atoms with Gasteiger partial charge in [0.2, 0.25) is 0 Å². The van der Waals surface area contributed by atoms with E-state index in [-0.39, 0.29) is 43.0 Å². The van der Waals surface area contributed by atoms with Crippen LogP contribution in [0.5, 0.6) is 11.5 Å². The van der Waals surface area contributed by atoms with Crippen LogP contribution in [-0.4, -0.2) is 55.7 Å². The predicted octanol–water partition coefficient (Wildman–Crippen LogP) is 5.88. The molecule has 0 amide bonds. The van der Waals surface area contributed by atoms with Gasteiger partial charge in [0.05, 0.1) is 19.1 Å². The Bertz CT molecular complexity index is 967. The Morgan fingerprint density at radius 1 is 0.732 bits per heavy atom. The average molecular weight is 582 g/mol. The highest BCUT2D eigenvalue weighted by molar-refractivity contribution is 5.76. The Labute approximate surface area is 243 Å². The van der Waals surface area contributed by atoms with Crippen molar-refractivity contribution in [3.8, 4) is 11.5 Å². The topological polar surface area (TPSA) is 150 Å². The molecule has 2 unspecified atom stereocenters. The third-order valence-electron chi connectivity index (χ3n) is 6.37. The van der Waals surface area contributed by atoms with Crippen LogP contribution in [0, 0.1) is 5.92 Å². The molecule has 0 saturated heterocycles. The minimum Gasteiger partial charge on any atom is -0.459 e. The molecule has 2 N–H and O–H groups in total. The van der Waals surface area contributed by atoms with E-state index in [2.05, 4.69) is 0 Å². The number of carbonyl (C=O) groups is 4. The van der Waals surface area contributed by atoms with Crippen LogP contribution >= 0.6 is 0 Å². The van der Waals surface area contributed by atoms with E-state index in [4.69, 9.17) is 34.2 Å². The first kappa shape index (κ1) is 35.7. The van der Waals surface area contributed by atoms with Gasteiger partial charge in [-0.15, -0.1) is 0 Å². The van der Waals surface area contributed by atoms with Crippen LogP contribution in [0.2, 0.25) is 0 Å². The monoisotopic (exact) mass is 581 g/mol. The van der Waals surface area contributed by atoms with Crippen LogP contribution in [0.3, 0.4) is 0 Å². The number of benzene rings is 1. The number of ether oxygens (including phenoxy) is 6. The molecule has 0 spiro atoms. The maximum Gasteiger partial charge on any atom is 0.513 e. The molecule has 0 aliphatic carbocycles. The predicted molar refractivity (Wildman–Crippen MR) is 152 cm³/mol. The lowest BCUT2D eigenvalue weighted by Crippen LogP contribution is -2.40. The number of hydrogen-bond acceptors (Lipinski definition) is 11. The van der Waals surface area contributed by atoms with Gasteiger partial charge < -0.3 is 34.2 Å². The molecule has 0 aliphatic rings. The van der Waals surface area contributed by atoms with E-state index in [0.717, 1.165) is 25.7 Å². The van der Waals surface area contributed by atoms with Crippen LogP contribution in [0.4, 0.5) is 9.59 Å². The van der Waals surface area contributed by atoms with Crippen LogP contribution in [-0.2, 0) is 35.0 Å². The smallest absolute Gasteiger partial charge is 0.459 e. The molecular weight excluding hydrogens is 534 g/mol. The zero-order chi connectivity index (χ0) is 30.8. The fraction of sp³-hybridized carbons (Fsp3) is 0.667. The fourth-order valence-electron chi connectivity index (χ4n) is 3.36. The van der Waals surface area contributed by atoms with E-state index in [0.29, 0.717) is 24.8 Å². The van der Waals surface area contributed by atoms with Crippen molar-refractivity contribution < 1.29 is 47.6 Å². The number of esters is 2. The summed E-state index contributed by atoms with van der Waals surface area (Å²) in [6.45, 7) is 11.3. The molecule has 0 heterocycles. The summed E-state index contributed by atoms with van der Waals surface area (Å²) in [6.07, 6.45) is 2.50. The van der Waals surface area contributed by atoms with Crippen molar-refractivity contribution in [3.63, 3.8) is 0 Å². The number of carbonyl (C=O) groups excluding carboxylic acids is 4. The van der Waals surface area contributed by atoms with Crippen molar-refractivity contribution >= 4 is 24.2 Å². The summed E-state index contributed by atoms with van der Waals surface area (Å²) in [5.41, 5.74) is 6.60. The van der Waals surface area contributed by atoms with Crippen molar-refractivity contribution in [2.24, 2.45) is 11.7 Å². The first-order valence-electron chi connectivity index (χ1n) is 14.5. The minimum atomic E-state index is -1.07. The first-order valence-corrected chi connectivity index (χ1v) is 14.5. The lowest BCUT2D eigenvalue weighted by Gasteiger charge is -2.23. The maximum absolute atomic E-state index is 12.7. The Hall–Kier alpha value is -3.34. The van der Waals surface area contributed by atoms with Gasteiger partial charge in [0, 0.05) is 0 Å². The Morgan fingerprint density at radius 2 is 1.24 bits per heavy atom. The second kappa shape index (κ2) is 19.7. The zero-order valence-corrected chi connectivity index (χ0v) is 25.3. The second-order valence-corrected chi connectivity index (χ2v) is 10.0. The Balaban J connectivity index is 2.89. The normalized spacial score (nSPS) is 13.7. The van der Waals surface area contributed by atoms with E-state index in [1.54, 1.807) is 26.8 Å². The first-order chi connectivity index (χ1) is 19.5. The number of rotatable bonds is 18. The molecule has 0 aliphatic heterocycles. The highest BCUT2D eigenvalue weighted by atomic mass is 16.7. The van der Waals surface area contributed by atoms with Gasteiger partial charge in [0.1, 0.15) is 18.2 Å². The van der Waals surface area contributed by atoms with Crippen LogP contribution in [0.15, 0.2) is 18.2 Å². The summed E-state index contributed by atoms with van der Waals surface area (Å²) < 4.78 is 31.5. The molecule has 0 fully saturated rings. The zero-order valence-electron chi connectivity index (χ0n) is 25.3. The Morgan fingerprint density at radius 3 is 1.76 bits per heavy atom.